The summed E-state index contributed by atoms with van der Waals surface area (Å²) in [5, 5.41) is 7.62. The predicted molar refractivity (Wildman–Crippen MR) is 209 cm³/mol. The largest absolute Gasteiger partial charge is 0.309 e. The van der Waals surface area contributed by atoms with E-state index in [0.717, 1.165) is 0 Å². The first kappa shape index (κ1) is 28.4. The highest BCUT2D eigenvalue weighted by Gasteiger charge is 2.42. The fraction of sp³-hybridized carbons (Fsp3) is 0.125. The van der Waals surface area contributed by atoms with Gasteiger partial charge in [-0.25, -0.2) is 0 Å². The molecule has 0 unspecified atom stereocenters. The van der Waals surface area contributed by atoms with Gasteiger partial charge in [0.05, 0.1) is 11.4 Å². The van der Waals surface area contributed by atoms with Crippen molar-refractivity contribution in [1.82, 2.24) is 0 Å². The van der Waals surface area contributed by atoms with Crippen LogP contribution in [0.2, 0.25) is 0 Å². The van der Waals surface area contributed by atoms with Crippen LogP contribution in [0.25, 0.3) is 54.6 Å². The Morgan fingerprint density at radius 3 is 1.51 bits per heavy atom. The summed E-state index contributed by atoms with van der Waals surface area (Å²) in [5.41, 5.74) is 14.5. The molecule has 0 N–H and O–H groups in total. The lowest BCUT2D eigenvalue weighted by molar-refractivity contribution is 0.652. The second-order valence-corrected chi connectivity index (χ2v) is 15.0. The van der Waals surface area contributed by atoms with E-state index in [9.17, 15) is 0 Å². The summed E-state index contributed by atoms with van der Waals surface area (Å²) in [6.45, 7) is 9.63. The average molecular weight is 628 g/mol. The van der Waals surface area contributed by atoms with Gasteiger partial charge in [0.25, 0.3) is 0 Å². The third kappa shape index (κ3) is 3.88. The zero-order valence-electron chi connectivity index (χ0n) is 28.4. The second-order valence-electron chi connectivity index (χ2n) is 15.0. The Bertz CT molecular complexity index is 2580. The fourth-order valence-corrected chi connectivity index (χ4v) is 9.07. The van der Waals surface area contributed by atoms with Gasteiger partial charge in [-0.05, 0) is 102 Å². The Morgan fingerprint density at radius 1 is 0.367 bits per heavy atom. The van der Waals surface area contributed by atoms with E-state index >= 15 is 0 Å². The average Bonchev–Trinajstić information content (AvgIpc) is 3.50. The molecule has 1 heteroatoms. The molecule has 0 amide bonds. The molecule has 0 saturated carbocycles. The SMILES string of the molecule is CC1(C)c2cc(N(c3cccc4ccccc34)c3cccc4ccccc34)ccc2-c2cc3c(cc21)-c1c(ccc2ccccc12)C3(C)C. The lowest BCUT2D eigenvalue weighted by Crippen LogP contribution is -2.17. The second kappa shape index (κ2) is 9.94. The maximum absolute atomic E-state index is 2.54. The molecule has 0 atom stereocenters. The minimum atomic E-state index is -0.170. The Hall–Kier alpha value is -5.66. The summed E-state index contributed by atoms with van der Waals surface area (Å²) in [7, 11) is 0. The predicted octanol–water partition coefficient (Wildman–Crippen LogP) is 13.2. The van der Waals surface area contributed by atoms with Gasteiger partial charge in [0.15, 0.2) is 0 Å². The molecule has 10 rings (SSSR count). The molecule has 0 aromatic heterocycles. The Balaban J connectivity index is 1.20. The van der Waals surface area contributed by atoms with Crippen molar-refractivity contribution in [3.8, 4) is 22.3 Å². The Morgan fingerprint density at radius 2 is 0.857 bits per heavy atom. The van der Waals surface area contributed by atoms with Crippen LogP contribution in [0.1, 0.15) is 49.9 Å². The van der Waals surface area contributed by atoms with Gasteiger partial charge in [-0.3, -0.25) is 0 Å². The topological polar surface area (TPSA) is 3.24 Å². The number of hydrogen-bond donors (Lipinski definition) is 0. The molecule has 2 aliphatic carbocycles. The molecular weight excluding hydrogens is 591 g/mol. The first-order valence-corrected chi connectivity index (χ1v) is 17.4. The molecule has 8 aromatic carbocycles. The van der Waals surface area contributed by atoms with Gasteiger partial charge in [0, 0.05) is 27.3 Å². The van der Waals surface area contributed by atoms with E-state index in [1.165, 1.54) is 93.9 Å². The molecule has 234 valence electrons. The summed E-state index contributed by atoms with van der Waals surface area (Å²) >= 11 is 0. The highest BCUT2D eigenvalue weighted by atomic mass is 15.1. The van der Waals surface area contributed by atoms with E-state index in [1.807, 2.05) is 0 Å². The normalized spacial score (nSPS) is 14.9. The molecule has 0 saturated heterocycles. The van der Waals surface area contributed by atoms with E-state index in [0.29, 0.717) is 0 Å². The van der Waals surface area contributed by atoms with Crippen LogP contribution in [-0.2, 0) is 10.8 Å². The van der Waals surface area contributed by atoms with Gasteiger partial charge >= 0.3 is 0 Å². The number of nitrogens with zero attached hydrogens (tertiary/aromatic N) is 1. The number of anilines is 3. The Labute approximate surface area is 288 Å². The summed E-state index contributed by atoms with van der Waals surface area (Å²) in [6.07, 6.45) is 0. The third-order valence-electron chi connectivity index (χ3n) is 11.6. The van der Waals surface area contributed by atoms with Gasteiger partial charge in [0.2, 0.25) is 0 Å². The molecule has 0 heterocycles. The van der Waals surface area contributed by atoms with Gasteiger partial charge in [-0.1, -0.05) is 143 Å². The van der Waals surface area contributed by atoms with E-state index in [-0.39, 0.29) is 10.8 Å². The highest BCUT2D eigenvalue weighted by Crippen LogP contribution is 2.58. The molecule has 2 aliphatic rings. The van der Waals surface area contributed by atoms with Crippen molar-refractivity contribution in [2.45, 2.75) is 38.5 Å². The van der Waals surface area contributed by atoms with Crippen LogP contribution >= 0.6 is 0 Å². The molecular formula is C48H37N. The van der Waals surface area contributed by atoms with Crippen LogP contribution in [-0.4, -0.2) is 0 Å². The molecule has 49 heavy (non-hydrogen) atoms. The zero-order valence-corrected chi connectivity index (χ0v) is 28.4. The van der Waals surface area contributed by atoms with E-state index in [1.54, 1.807) is 0 Å². The van der Waals surface area contributed by atoms with Crippen LogP contribution in [0.5, 0.6) is 0 Å². The quantitative estimate of drug-likeness (QED) is 0.188. The third-order valence-corrected chi connectivity index (χ3v) is 11.6. The van der Waals surface area contributed by atoms with E-state index < -0.39 is 0 Å². The van der Waals surface area contributed by atoms with Crippen LogP contribution in [0.15, 0.2) is 152 Å². The minimum Gasteiger partial charge on any atom is -0.309 e. The van der Waals surface area contributed by atoms with Crippen molar-refractivity contribution in [3.05, 3.63) is 174 Å². The number of hydrogen-bond acceptors (Lipinski definition) is 1. The summed E-state index contributed by atoms with van der Waals surface area (Å²) < 4.78 is 0. The molecule has 0 fully saturated rings. The van der Waals surface area contributed by atoms with Crippen molar-refractivity contribution in [1.29, 1.82) is 0 Å². The highest BCUT2D eigenvalue weighted by molar-refractivity contribution is 6.06. The monoisotopic (exact) mass is 627 g/mol. The summed E-state index contributed by atoms with van der Waals surface area (Å²) in [6, 6.07) is 56.6. The molecule has 0 radical (unpaired) electrons. The van der Waals surface area contributed by atoms with Crippen molar-refractivity contribution < 1.29 is 0 Å². The molecule has 0 aliphatic heterocycles. The Kier molecular flexibility index (Phi) is 5.75. The zero-order chi connectivity index (χ0) is 33.1. The van der Waals surface area contributed by atoms with Crippen LogP contribution in [0, 0.1) is 0 Å². The lowest BCUT2D eigenvalue weighted by atomic mass is 9.79. The van der Waals surface area contributed by atoms with Crippen molar-refractivity contribution in [2.75, 3.05) is 4.90 Å². The number of rotatable bonds is 3. The van der Waals surface area contributed by atoms with Gasteiger partial charge < -0.3 is 4.90 Å². The summed E-state index contributed by atoms with van der Waals surface area (Å²) in [5.74, 6) is 0. The molecule has 0 bridgehead atoms. The van der Waals surface area contributed by atoms with Crippen LogP contribution in [0.3, 0.4) is 0 Å². The first-order valence-electron chi connectivity index (χ1n) is 17.4. The lowest BCUT2D eigenvalue weighted by Gasteiger charge is -2.30. The van der Waals surface area contributed by atoms with E-state index in [2.05, 4.69) is 184 Å². The van der Waals surface area contributed by atoms with Crippen LogP contribution in [0.4, 0.5) is 17.1 Å². The fourth-order valence-electron chi connectivity index (χ4n) is 9.07. The van der Waals surface area contributed by atoms with Crippen molar-refractivity contribution in [3.63, 3.8) is 0 Å². The van der Waals surface area contributed by atoms with Gasteiger partial charge in [0.1, 0.15) is 0 Å². The maximum Gasteiger partial charge on any atom is 0.0540 e. The minimum absolute atomic E-state index is 0.0733. The molecule has 1 nitrogen and oxygen atoms in total. The van der Waals surface area contributed by atoms with E-state index in [4.69, 9.17) is 0 Å². The summed E-state index contributed by atoms with van der Waals surface area (Å²) in [4.78, 5) is 2.48. The van der Waals surface area contributed by atoms with Crippen LogP contribution < -0.4 is 4.90 Å². The first-order chi connectivity index (χ1) is 23.8. The maximum atomic E-state index is 2.54. The smallest absolute Gasteiger partial charge is 0.0540 e. The molecule has 0 spiro atoms. The van der Waals surface area contributed by atoms with Gasteiger partial charge in [-0.15, -0.1) is 0 Å². The van der Waals surface area contributed by atoms with Crippen molar-refractivity contribution >= 4 is 49.4 Å². The standard InChI is InChI=1S/C48H37N/c1-47(2)40-26-23-32-15-7-10-20-36(32)46(40)39-29-42-38(28-43(39)47)37-25-24-33(27-41(37)48(42,3)4)49(44-21-11-16-30-13-5-8-18-34(30)44)45-22-12-17-31-14-6-9-19-35(31)45/h5-29H,1-4H3. The molecule has 8 aromatic rings. The van der Waals surface area contributed by atoms with Gasteiger partial charge in [-0.2, -0.15) is 0 Å². The van der Waals surface area contributed by atoms with Crippen molar-refractivity contribution in [2.24, 2.45) is 0 Å². The number of benzene rings is 8. The number of fused-ring (bicyclic) bond motifs is 10.